The van der Waals surface area contributed by atoms with Gasteiger partial charge in [0.1, 0.15) is 11.5 Å². The van der Waals surface area contributed by atoms with Crippen molar-refractivity contribution >= 4 is 34.1 Å². The molecule has 2 aromatic carbocycles. The van der Waals surface area contributed by atoms with E-state index in [1.165, 1.54) is 30.4 Å². The molecule has 0 saturated heterocycles. The second-order valence-corrected chi connectivity index (χ2v) is 9.94. The van der Waals surface area contributed by atoms with Crippen molar-refractivity contribution in [2.24, 2.45) is 0 Å². The lowest BCUT2D eigenvalue weighted by Crippen LogP contribution is -2.31. The predicted octanol–water partition coefficient (Wildman–Crippen LogP) is 5.59. The minimum Gasteiger partial charge on any atom is -0.503 e. The number of ketones is 1. The van der Waals surface area contributed by atoms with Crippen molar-refractivity contribution < 1.29 is 38.1 Å². The quantitative estimate of drug-likeness (QED) is 0.190. The normalized spacial score (nSPS) is 14.9. The number of methoxy groups -OCH3 is 1. The molecule has 0 aliphatic carbocycles. The monoisotopic (exact) mass is 574 g/mol. The number of Topliss-reactive ketones (excluding diaryl/α,β-unsaturated/α-hetero) is 1. The highest BCUT2D eigenvalue weighted by molar-refractivity contribution is 7.17. The van der Waals surface area contributed by atoms with Crippen LogP contribution in [0.3, 0.4) is 0 Å². The number of carbonyl (C=O) groups excluding carboxylic acids is 3. The maximum absolute atomic E-state index is 13.6. The number of aliphatic hydroxyl groups excluding tert-OH is 1. The number of hydrogen-bond donors (Lipinski definition) is 1. The summed E-state index contributed by atoms with van der Waals surface area (Å²) >= 11 is 0.919. The molecule has 10 nitrogen and oxygen atoms in total. The molecule has 5 rings (SSSR count). The van der Waals surface area contributed by atoms with Crippen LogP contribution in [-0.4, -0.2) is 41.5 Å². The van der Waals surface area contributed by atoms with Crippen LogP contribution in [-0.2, 0) is 16.1 Å². The zero-order chi connectivity index (χ0) is 29.1. The van der Waals surface area contributed by atoms with Crippen molar-refractivity contribution in [3.05, 3.63) is 106 Å². The number of ether oxygens (including phenoxy) is 3. The maximum atomic E-state index is 13.6. The first kappa shape index (κ1) is 27.7. The standard InChI is InChI=1S/C30H26N2O8S/c1-4-38-22-15-19(12-13-20(22)40-16-18-9-6-5-7-10-18)24-23(25(33)21-11-8-14-39-21)26(34)28(35)32(24)30-31-17(2)27(41-30)29(36)37-3/h5-15,24,34H,4,16H2,1-3H3. The van der Waals surface area contributed by atoms with Gasteiger partial charge in [-0.1, -0.05) is 47.7 Å². The SMILES string of the molecule is CCOc1cc(C2C(C(=O)c3ccco3)=C(O)C(=O)N2c2nc(C)c(C(=O)OC)s2)ccc1OCc1ccccc1. The number of aromatic nitrogens is 1. The minimum absolute atomic E-state index is 0.0513. The number of thiazole rings is 1. The van der Waals surface area contributed by atoms with Gasteiger partial charge in [0.05, 0.1) is 37.3 Å². The highest BCUT2D eigenvalue weighted by Crippen LogP contribution is 2.45. The number of carbonyl (C=O) groups is 3. The van der Waals surface area contributed by atoms with E-state index in [9.17, 15) is 19.5 Å². The van der Waals surface area contributed by atoms with E-state index in [0.717, 1.165) is 16.9 Å². The fourth-order valence-electron chi connectivity index (χ4n) is 4.48. The van der Waals surface area contributed by atoms with Crippen LogP contribution in [0.4, 0.5) is 5.13 Å². The smallest absolute Gasteiger partial charge is 0.350 e. The van der Waals surface area contributed by atoms with E-state index < -0.39 is 29.5 Å². The molecule has 1 aliphatic heterocycles. The Kier molecular flexibility index (Phi) is 7.88. The number of amides is 1. The topological polar surface area (TPSA) is 128 Å². The Bertz CT molecular complexity index is 1630. The molecule has 210 valence electrons. The lowest BCUT2D eigenvalue weighted by atomic mass is 9.95. The molecule has 41 heavy (non-hydrogen) atoms. The first-order valence-corrected chi connectivity index (χ1v) is 13.5. The number of rotatable bonds is 10. The molecule has 1 aliphatic rings. The van der Waals surface area contributed by atoms with Gasteiger partial charge in [0.25, 0.3) is 5.91 Å². The average Bonchev–Trinajstić information content (AvgIpc) is 3.71. The molecule has 0 spiro atoms. The molecule has 2 aromatic heterocycles. The second-order valence-electron chi connectivity index (χ2n) is 8.96. The van der Waals surface area contributed by atoms with Crippen molar-refractivity contribution in [2.45, 2.75) is 26.5 Å². The summed E-state index contributed by atoms with van der Waals surface area (Å²) in [6, 6.07) is 16.5. The van der Waals surface area contributed by atoms with Crippen LogP contribution in [0.15, 0.2) is 82.7 Å². The third kappa shape index (κ3) is 5.31. The van der Waals surface area contributed by atoms with E-state index in [1.807, 2.05) is 37.3 Å². The Hall–Kier alpha value is -4.90. The Balaban J connectivity index is 1.60. The third-order valence-electron chi connectivity index (χ3n) is 6.38. The van der Waals surface area contributed by atoms with E-state index in [-0.39, 0.29) is 21.3 Å². The molecule has 3 heterocycles. The zero-order valence-corrected chi connectivity index (χ0v) is 23.3. The fourth-order valence-corrected chi connectivity index (χ4v) is 5.49. The zero-order valence-electron chi connectivity index (χ0n) is 22.5. The van der Waals surface area contributed by atoms with Crippen molar-refractivity contribution in [1.29, 1.82) is 0 Å². The molecule has 4 aromatic rings. The second kappa shape index (κ2) is 11.7. The molecular formula is C30H26N2O8S. The summed E-state index contributed by atoms with van der Waals surface area (Å²) in [5.74, 6) is -2.09. The molecule has 0 bridgehead atoms. The van der Waals surface area contributed by atoms with Crippen molar-refractivity contribution in [3.8, 4) is 11.5 Å². The molecule has 1 amide bonds. The summed E-state index contributed by atoms with van der Waals surface area (Å²) < 4.78 is 22.0. The largest absolute Gasteiger partial charge is 0.503 e. The summed E-state index contributed by atoms with van der Waals surface area (Å²) in [6.45, 7) is 4.05. The summed E-state index contributed by atoms with van der Waals surface area (Å²) in [7, 11) is 1.25. The highest BCUT2D eigenvalue weighted by Gasteiger charge is 2.47. The lowest BCUT2D eigenvalue weighted by Gasteiger charge is -2.25. The maximum Gasteiger partial charge on any atom is 0.350 e. The summed E-state index contributed by atoms with van der Waals surface area (Å²) in [4.78, 5) is 45.1. The predicted molar refractivity (Wildman–Crippen MR) is 149 cm³/mol. The first-order chi connectivity index (χ1) is 19.8. The molecule has 0 fully saturated rings. The molecule has 11 heteroatoms. The van der Waals surface area contributed by atoms with E-state index in [0.29, 0.717) is 36.0 Å². The van der Waals surface area contributed by atoms with Gasteiger partial charge in [0, 0.05) is 0 Å². The summed E-state index contributed by atoms with van der Waals surface area (Å²) in [5, 5.41) is 11.1. The Labute approximate surface area is 239 Å². The average molecular weight is 575 g/mol. The Morgan fingerprint density at radius 3 is 2.54 bits per heavy atom. The number of furan rings is 1. The molecule has 1 unspecified atom stereocenters. The van der Waals surface area contributed by atoms with Gasteiger partial charge in [0.15, 0.2) is 28.1 Å². The molecule has 1 N–H and O–H groups in total. The molecule has 1 atom stereocenters. The fraction of sp³-hybridized carbons (Fsp3) is 0.200. The van der Waals surface area contributed by atoms with Crippen LogP contribution in [0.25, 0.3) is 0 Å². The first-order valence-electron chi connectivity index (χ1n) is 12.7. The molecule has 0 radical (unpaired) electrons. The van der Waals surface area contributed by atoms with Crippen LogP contribution in [0, 0.1) is 6.92 Å². The number of nitrogens with zero attached hydrogens (tertiary/aromatic N) is 2. The van der Waals surface area contributed by atoms with Crippen LogP contribution in [0.2, 0.25) is 0 Å². The Morgan fingerprint density at radius 2 is 1.85 bits per heavy atom. The van der Waals surface area contributed by atoms with Crippen molar-refractivity contribution in [1.82, 2.24) is 4.98 Å². The lowest BCUT2D eigenvalue weighted by molar-refractivity contribution is -0.117. The van der Waals surface area contributed by atoms with Gasteiger partial charge in [-0.2, -0.15) is 0 Å². The van der Waals surface area contributed by atoms with Crippen molar-refractivity contribution in [2.75, 3.05) is 18.6 Å². The van der Waals surface area contributed by atoms with Gasteiger partial charge < -0.3 is 23.7 Å². The van der Waals surface area contributed by atoms with Gasteiger partial charge in [-0.3, -0.25) is 14.5 Å². The van der Waals surface area contributed by atoms with E-state index >= 15 is 0 Å². The van der Waals surface area contributed by atoms with Crippen LogP contribution in [0.5, 0.6) is 11.5 Å². The Morgan fingerprint density at radius 1 is 1.07 bits per heavy atom. The number of esters is 1. The summed E-state index contributed by atoms with van der Waals surface area (Å²) in [6.07, 6.45) is 1.33. The van der Waals surface area contributed by atoms with Gasteiger partial charge >= 0.3 is 5.97 Å². The van der Waals surface area contributed by atoms with Crippen LogP contribution in [0.1, 0.15) is 50.0 Å². The minimum atomic E-state index is -1.11. The van der Waals surface area contributed by atoms with Crippen LogP contribution < -0.4 is 14.4 Å². The number of aryl methyl sites for hydroxylation is 1. The summed E-state index contributed by atoms with van der Waals surface area (Å²) in [5.41, 5.74) is 1.55. The van der Waals surface area contributed by atoms with Gasteiger partial charge in [-0.05, 0) is 49.2 Å². The molecular weight excluding hydrogens is 548 g/mol. The number of anilines is 1. The van der Waals surface area contributed by atoms with Gasteiger partial charge in [-0.15, -0.1) is 0 Å². The van der Waals surface area contributed by atoms with Crippen LogP contribution >= 0.6 is 11.3 Å². The van der Waals surface area contributed by atoms with Gasteiger partial charge in [0.2, 0.25) is 5.78 Å². The molecule has 0 saturated carbocycles. The van der Waals surface area contributed by atoms with E-state index in [4.69, 9.17) is 18.6 Å². The van der Waals surface area contributed by atoms with E-state index in [2.05, 4.69) is 4.98 Å². The van der Waals surface area contributed by atoms with E-state index in [1.54, 1.807) is 25.1 Å². The third-order valence-corrected chi connectivity index (χ3v) is 7.52. The van der Waals surface area contributed by atoms with Crippen molar-refractivity contribution in [3.63, 3.8) is 0 Å². The van der Waals surface area contributed by atoms with Gasteiger partial charge in [-0.25, -0.2) is 9.78 Å². The number of benzene rings is 2. The number of hydrogen-bond acceptors (Lipinski definition) is 10. The number of aliphatic hydroxyl groups is 1. The highest BCUT2D eigenvalue weighted by atomic mass is 32.1.